The molecular formula is C25H19N. The van der Waals surface area contributed by atoms with Crippen LogP contribution < -0.4 is 5.73 Å². The van der Waals surface area contributed by atoms with E-state index < -0.39 is 0 Å². The molecule has 0 radical (unpaired) electrons. The minimum atomic E-state index is 0.738. The summed E-state index contributed by atoms with van der Waals surface area (Å²) in [5.41, 5.74) is 20.4. The van der Waals surface area contributed by atoms with Crippen LogP contribution in [-0.4, -0.2) is 0 Å². The third-order valence-corrected chi connectivity index (χ3v) is 4.57. The van der Waals surface area contributed by atoms with Crippen LogP contribution in [0, 0.1) is 0 Å². The van der Waals surface area contributed by atoms with Crippen LogP contribution in [0.5, 0.6) is 0 Å². The minimum Gasteiger partial charge on any atom is -0.398 e. The predicted molar refractivity (Wildman–Crippen MR) is 108 cm³/mol. The van der Waals surface area contributed by atoms with Crippen molar-refractivity contribution in [2.45, 2.75) is 6.42 Å². The molecule has 0 unspecified atom stereocenters. The van der Waals surface area contributed by atoms with Crippen LogP contribution in [0.3, 0.4) is 0 Å². The van der Waals surface area contributed by atoms with Gasteiger partial charge in [0.05, 0.1) is 0 Å². The van der Waals surface area contributed by atoms with Gasteiger partial charge in [0.1, 0.15) is 0 Å². The Labute approximate surface area is 154 Å². The lowest BCUT2D eigenvalue weighted by Gasteiger charge is -2.16. The van der Waals surface area contributed by atoms with Crippen LogP contribution in [-0.2, 0) is 6.42 Å². The Kier molecular flexibility index (Phi) is 4.41. The zero-order valence-corrected chi connectivity index (χ0v) is 14.4. The van der Waals surface area contributed by atoms with E-state index in [1.54, 1.807) is 6.08 Å². The molecule has 26 heavy (non-hydrogen) atoms. The van der Waals surface area contributed by atoms with Gasteiger partial charge in [0.2, 0.25) is 0 Å². The quantitative estimate of drug-likeness (QED) is 0.625. The third kappa shape index (κ3) is 3.18. The van der Waals surface area contributed by atoms with E-state index in [-0.39, 0.29) is 0 Å². The average molecular weight is 333 g/mol. The second-order valence-corrected chi connectivity index (χ2v) is 6.29. The van der Waals surface area contributed by atoms with E-state index in [1.807, 2.05) is 24.3 Å². The molecule has 0 bridgehead atoms. The molecule has 0 aliphatic heterocycles. The number of rotatable bonds is 4. The van der Waals surface area contributed by atoms with Crippen LogP contribution in [0.1, 0.15) is 11.1 Å². The SMILES string of the molecule is NC1=C(c2ccccc2)C(Cc2ccccc2-c2ccccc2)=C=C=C1. The average Bonchev–Trinajstić information content (AvgIpc) is 2.70. The van der Waals surface area contributed by atoms with Gasteiger partial charge in [-0.15, -0.1) is 0 Å². The maximum Gasteiger partial charge on any atom is 0.0488 e. The summed E-state index contributed by atoms with van der Waals surface area (Å²) >= 11 is 0. The van der Waals surface area contributed by atoms with Crippen molar-refractivity contribution in [2.24, 2.45) is 5.73 Å². The highest BCUT2D eigenvalue weighted by Gasteiger charge is 2.15. The van der Waals surface area contributed by atoms with E-state index in [9.17, 15) is 0 Å². The van der Waals surface area contributed by atoms with Crippen LogP contribution in [0.2, 0.25) is 0 Å². The standard InChI is InChI=1S/C25H19N/c26-24-17-9-15-22(25(24)20-12-5-2-6-13-20)18-21-14-7-8-16-23(21)19-10-3-1-4-11-19/h1-8,10-14,16-17H,18,26H2. The molecule has 0 aromatic heterocycles. The summed E-state index contributed by atoms with van der Waals surface area (Å²) in [6.07, 6.45) is 2.56. The van der Waals surface area contributed by atoms with E-state index in [0.29, 0.717) is 0 Å². The van der Waals surface area contributed by atoms with Crippen LogP contribution in [0.25, 0.3) is 16.7 Å². The molecule has 3 aromatic carbocycles. The van der Waals surface area contributed by atoms with Crippen molar-refractivity contribution >= 4 is 5.57 Å². The first kappa shape index (κ1) is 16.0. The van der Waals surface area contributed by atoms with E-state index in [4.69, 9.17) is 5.73 Å². The smallest absolute Gasteiger partial charge is 0.0488 e. The fourth-order valence-electron chi connectivity index (χ4n) is 3.35. The molecule has 1 aliphatic rings. The van der Waals surface area contributed by atoms with E-state index in [0.717, 1.165) is 28.8 Å². The first-order chi connectivity index (χ1) is 12.8. The molecule has 3 aromatic rings. The fourth-order valence-corrected chi connectivity index (χ4v) is 3.35. The van der Waals surface area contributed by atoms with Crippen molar-refractivity contribution in [3.8, 4) is 11.1 Å². The Bertz CT molecular complexity index is 1060. The fraction of sp³-hybridized carbons (Fsp3) is 0.0400. The van der Waals surface area contributed by atoms with Gasteiger partial charge in [0.25, 0.3) is 0 Å². The van der Waals surface area contributed by atoms with Gasteiger partial charge in [-0.25, -0.2) is 0 Å². The van der Waals surface area contributed by atoms with E-state index in [2.05, 4.69) is 72.1 Å². The number of hydrogen-bond donors (Lipinski definition) is 1. The second kappa shape index (κ2) is 7.17. The van der Waals surface area contributed by atoms with Gasteiger partial charge in [-0.05, 0) is 22.3 Å². The Morgan fingerprint density at radius 3 is 2.04 bits per heavy atom. The maximum absolute atomic E-state index is 6.30. The number of allylic oxidation sites excluding steroid dienone is 3. The summed E-state index contributed by atoms with van der Waals surface area (Å²) in [7, 11) is 0. The first-order valence-corrected chi connectivity index (χ1v) is 8.72. The molecule has 0 saturated heterocycles. The van der Waals surface area contributed by atoms with E-state index in [1.165, 1.54) is 16.7 Å². The monoisotopic (exact) mass is 333 g/mol. The molecule has 4 rings (SSSR count). The summed E-state index contributed by atoms with van der Waals surface area (Å²) in [5, 5.41) is 0. The highest BCUT2D eigenvalue weighted by Crippen LogP contribution is 2.32. The molecule has 0 heterocycles. The van der Waals surface area contributed by atoms with Crippen molar-refractivity contribution in [1.29, 1.82) is 0 Å². The van der Waals surface area contributed by atoms with Crippen molar-refractivity contribution in [3.63, 3.8) is 0 Å². The molecule has 0 spiro atoms. The molecule has 0 amide bonds. The van der Waals surface area contributed by atoms with Gasteiger partial charge in [-0.1, -0.05) is 96.4 Å². The van der Waals surface area contributed by atoms with Crippen LogP contribution in [0.15, 0.2) is 114 Å². The lowest BCUT2D eigenvalue weighted by molar-refractivity contribution is 1.19. The third-order valence-electron chi connectivity index (χ3n) is 4.57. The highest BCUT2D eigenvalue weighted by molar-refractivity contribution is 5.84. The first-order valence-electron chi connectivity index (χ1n) is 8.72. The predicted octanol–water partition coefficient (Wildman–Crippen LogP) is 5.52. The molecule has 1 heteroatoms. The zero-order chi connectivity index (χ0) is 17.8. The topological polar surface area (TPSA) is 26.0 Å². The van der Waals surface area contributed by atoms with E-state index >= 15 is 0 Å². The molecule has 124 valence electrons. The molecule has 1 aliphatic carbocycles. The Hall–Kier alpha value is -3.50. The normalized spacial score (nSPS) is 13.0. The van der Waals surface area contributed by atoms with Gasteiger partial charge >= 0.3 is 0 Å². The number of hydrogen-bond acceptors (Lipinski definition) is 1. The van der Waals surface area contributed by atoms with Crippen molar-refractivity contribution in [3.05, 3.63) is 125 Å². The molecule has 0 saturated carbocycles. The van der Waals surface area contributed by atoms with Gasteiger partial charge < -0.3 is 5.73 Å². The number of benzene rings is 3. The van der Waals surface area contributed by atoms with Crippen molar-refractivity contribution in [2.75, 3.05) is 0 Å². The minimum absolute atomic E-state index is 0.738. The van der Waals surface area contributed by atoms with Crippen LogP contribution >= 0.6 is 0 Å². The van der Waals surface area contributed by atoms with Gasteiger partial charge in [-0.2, -0.15) is 0 Å². The molecule has 1 nitrogen and oxygen atoms in total. The van der Waals surface area contributed by atoms with Gasteiger partial charge in [-0.3, -0.25) is 0 Å². The van der Waals surface area contributed by atoms with Gasteiger partial charge in [0, 0.05) is 29.3 Å². The molecule has 0 fully saturated rings. The summed E-state index contributed by atoms with van der Waals surface area (Å²) < 4.78 is 0. The number of nitrogens with two attached hydrogens (primary N) is 1. The highest BCUT2D eigenvalue weighted by atomic mass is 14.6. The molecule has 0 atom stereocenters. The Morgan fingerprint density at radius 2 is 1.31 bits per heavy atom. The van der Waals surface area contributed by atoms with Crippen molar-refractivity contribution < 1.29 is 0 Å². The summed E-state index contributed by atoms with van der Waals surface area (Å²) in [4.78, 5) is 0. The maximum atomic E-state index is 6.30. The van der Waals surface area contributed by atoms with Crippen molar-refractivity contribution in [1.82, 2.24) is 0 Å². The molecular weight excluding hydrogens is 314 g/mol. The van der Waals surface area contributed by atoms with Crippen LogP contribution in [0.4, 0.5) is 0 Å². The Balaban J connectivity index is 1.76. The largest absolute Gasteiger partial charge is 0.398 e. The summed E-state index contributed by atoms with van der Waals surface area (Å²) in [6.45, 7) is 0. The van der Waals surface area contributed by atoms with Gasteiger partial charge in [0.15, 0.2) is 0 Å². The lowest BCUT2D eigenvalue weighted by Crippen LogP contribution is -2.05. The Morgan fingerprint density at radius 1 is 0.692 bits per heavy atom. The molecule has 2 N–H and O–H groups in total. The zero-order valence-electron chi connectivity index (χ0n) is 14.4. The summed E-state index contributed by atoms with van der Waals surface area (Å²) in [6, 6.07) is 29.2. The lowest BCUT2D eigenvalue weighted by atomic mass is 9.88. The second-order valence-electron chi connectivity index (χ2n) is 6.29. The summed E-state index contributed by atoms with van der Waals surface area (Å²) in [5.74, 6) is 0.